The molecule has 0 aliphatic carbocycles. The number of aryl methyl sites for hydroxylation is 3. The SMILES string of the molecule is Cc1ccc(-n2nnc(C(=O)NC(c3ccccc3)c3ccccc3)c2CSc2nc(C)cc(C)n2)cc1. The molecule has 38 heavy (non-hydrogen) atoms. The van der Waals surface area contributed by atoms with Gasteiger partial charge in [0.25, 0.3) is 5.91 Å². The van der Waals surface area contributed by atoms with Gasteiger partial charge in [0.05, 0.1) is 17.4 Å². The zero-order chi connectivity index (χ0) is 26.5. The molecule has 0 bridgehead atoms. The number of carbonyl (C=O) groups excluding carboxylic acids is 1. The predicted octanol–water partition coefficient (Wildman–Crippen LogP) is 5.79. The van der Waals surface area contributed by atoms with E-state index in [1.165, 1.54) is 11.8 Å². The first kappa shape index (κ1) is 25.4. The fraction of sp³-hybridized carbons (Fsp3) is 0.167. The molecule has 8 heteroatoms. The van der Waals surface area contributed by atoms with E-state index in [1.54, 1.807) is 4.68 Å². The highest BCUT2D eigenvalue weighted by Crippen LogP contribution is 2.26. The van der Waals surface area contributed by atoms with Crippen LogP contribution in [0.3, 0.4) is 0 Å². The number of hydrogen-bond donors (Lipinski definition) is 1. The summed E-state index contributed by atoms with van der Waals surface area (Å²) >= 11 is 1.46. The number of nitrogens with zero attached hydrogens (tertiary/aromatic N) is 5. The highest BCUT2D eigenvalue weighted by Gasteiger charge is 2.25. The maximum absolute atomic E-state index is 13.8. The Bertz CT molecular complexity index is 1480. The minimum atomic E-state index is -0.335. The minimum absolute atomic E-state index is 0.277. The standard InChI is InChI=1S/C30H28N6OS/c1-20-14-16-25(17-15-20)36-26(19-38-30-31-21(2)18-22(3)32-30)28(34-35-36)29(37)33-27(23-10-6-4-7-11-23)24-12-8-5-9-13-24/h4-18,27H,19H2,1-3H3,(H,33,37). The number of thioether (sulfide) groups is 1. The maximum Gasteiger partial charge on any atom is 0.274 e. The van der Waals surface area contributed by atoms with Gasteiger partial charge < -0.3 is 5.32 Å². The van der Waals surface area contributed by atoms with Crippen LogP contribution in [0, 0.1) is 20.8 Å². The summed E-state index contributed by atoms with van der Waals surface area (Å²) in [7, 11) is 0. The average Bonchev–Trinajstić information content (AvgIpc) is 3.35. The van der Waals surface area contributed by atoms with Crippen LogP contribution in [0.1, 0.15) is 50.3 Å². The largest absolute Gasteiger partial charge is 0.340 e. The molecule has 0 saturated heterocycles. The fourth-order valence-corrected chi connectivity index (χ4v) is 5.18. The van der Waals surface area contributed by atoms with E-state index in [2.05, 4.69) is 25.6 Å². The molecule has 1 N–H and O–H groups in total. The molecule has 0 unspecified atom stereocenters. The molecule has 5 rings (SSSR count). The van der Waals surface area contributed by atoms with Crippen LogP contribution < -0.4 is 5.32 Å². The molecule has 0 spiro atoms. The first-order valence-corrected chi connectivity index (χ1v) is 13.3. The Morgan fingerprint density at radius 1 is 0.842 bits per heavy atom. The molecule has 3 aromatic carbocycles. The number of carbonyl (C=O) groups is 1. The lowest BCUT2D eigenvalue weighted by Gasteiger charge is -2.19. The molecule has 0 fully saturated rings. The molecule has 2 aromatic heterocycles. The fourth-order valence-electron chi connectivity index (χ4n) is 4.24. The van der Waals surface area contributed by atoms with Crippen molar-refractivity contribution in [2.75, 3.05) is 0 Å². The van der Waals surface area contributed by atoms with Crippen molar-refractivity contribution in [2.24, 2.45) is 0 Å². The zero-order valence-electron chi connectivity index (χ0n) is 21.5. The van der Waals surface area contributed by atoms with Crippen LogP contribution >= 0.6 is 11.8 Å². The zero-order valence-corrected chi connectivity index (χ0v) is 22.3. The lowest BCUT2D eigenvalue weighted by molar-refractivity contribution is 0.0937. The van der Waals surface area contributed by atoms with Gasteiger partial charge in [0.1, 0.15) is 0 Å². The summed E-state index contributed by atoms with van der Waals surface area (Å²) in [4.78, 5) is 22.9. The van der Waals surface area contributed by atoms with Crippen LogP contribution in [-0.2, 0) is 5.75 Å². The van der Waals surface area contributed by atoms with Crippen molar-refractivity contribution >= 4 is 17.7 Å². The molecule has 5 aromatic rings. The second-order valence-corrected chi connectivity index (χ2v) is 10.0. The van der Waals surface area contributed by atoms with Gasteiger partial charge in [-0.05, 0) is 50.1 Å². The quantitative estimate of drug-likeness (QED) is 0.206. The molecule has 1 amide bonds. The third-order valence-electron chi connectivity index (χ3n) is 6.10. The van der Waals surface area contributed by atoms with Gasteiger partial charge in [-0.25, -0.2) is 14.6 Å². The van der Waals surface area contributed by atoms with Crippen molar-refractivity contribution in [3.8, 4) is 5.69 Å². The summed E-state index contributed by atoms with van der Waals surface area (Å²) < 4.78 is 1.73. The molecule has 0 atom stereocenters. The van der Waals surface area contributed by atoms with E-state index in [1.807, 2.05) is 112 Å². The molecule has 0 aliphatic heterocycles. The summed E-state index contributed by atoms with van der Waals surface area (Å²) in [6, 6.07) is 29.4. The number of nitrogens with one attached hydrogen (secondary N) is 1. The van der Waals surface area contributed by atoms with Gasteiger partial charge in [0.15, 0.2) is 10.9 Å². The Kier molecular flexibility index (Phi) is 7.60. The molecule has 0 aliphatic rings. The minimum Gasteiger partial charge on any atom is -0.340 e. The molecular formula is C30H28N6OS. The van der Waals surface area contributed by atoms with Crippen molar-refractivity contribution in [2.45, 2.75) is 37.7 Å². The second-order valence-electron chi connectivity index (χ2n) is 9.08. The van der Waals surface area contributed by atoms with Gasteiger partial charge >= 0.3 is 0 Å². The topological polar surface area (TPSA) is 85.6 Å². The first-order chi connectivity index (χ1) is 18.5. The molecule has 2 heterocycles. The predicted molar refractivity (Wildman–Crippen MR) is 149 cm³/mol. The highest BCUT2D eigenvalue weighted by molar-refractivity contribution is 7.98. The summed E-state index contributed by atoms with van der Waals surface area (Å²) in [6.07, 6.45) is 0. The third kappa shape index (κ3) is 5.81. The molecule has 7 nitrogen and oxygen atoms in total. The van der Waals surface area contributed by atoms with E-state index in [0.717, 1.165) is 33.8 Å². The lowest BCUT2D eigenvalue weighted by Crippen LogP contribution is -2.30. The van der Waals surface area contributed by atoms with E-state index in [-0.39, 0.29) is 17.6 Å². The van der Waals surface area contributed by atoms with Crippen LogP contribution in [-0.4, -0.2) is 30.9 Å². The van der Waals surface area contributed by atoms with Gasteiger partial charge in [0, 0.05) is 17.1 Å². The Morgan fingerprint density at radius 2 is 1.42 bits per heavy atom. The van der Waals surface area contributed by atoms with Crippen molar-refractivity contribution in [3.05, 3.63) is 130 Å². The van der Waals surface area contributed by atoms with Gasteiger partial charge in [-0.15, -0.1) is 5.10 Å². The molecular weight excluding hydrogens is 492 g/mol. The number of hydrogen-bond acceptors (Lipinski definition) is 6. The molecule has 0 saturated carbocycles. The van der Waals surface area contributed by atoms with Gasteiger partial charge in [-0.1, -0.05) is 95.3 Å². The van der Waals surface area contributed by atoms with Crippen molar-refractivity contribution in [1.82, 2.24) is 30.3 Å². The summed E-state index contributed by atoms with van der Waals surface area (Å²) in [5.41, 5.74) is 6.70. The Balaban J connectivity index is 1.50. The van der Waals surface area contributed by atoms with Crippen LogP contribution in [0.2, 0.25) is 0 Å². The summed E-state index contributed by atoms with van der Waals surface area (Å²) in [6.45, 7) is 5.93. The molecule has 0 radical (unpaired) electrons. The second kappa shape index (κ2) is 11.4. The van der Waals surface area contributed by atoms with E-state index in [4.69, 9.17) is 0 Å². The van der Waals surface area contributed by atoms with Crippen molar-refractivity contribution in [1.29, 1.82) is 0 Å². The van der Waals surface area contributed by atoms with E-state index in [9.17, 15) is 4.79 Å². The van der Waals surface area contributed by atoms with Crippen LogP contribution in [0.5, 0.6) is 0 Å². The lowest BCUT2D eigenvalue weighted by atomic mass is 9.98. The van der Waals surface area contributed by atoms with Crippen LogP contribution in [0.4, 0.5) is 0 Å². The Labute approximate surface area is 226 Å². The van der Waals surface area contributed by atoms with E-state index < -0.39 is 0 Å². The summed E-state index contributed by atoms with van der Waals surface area (Å²) in [5, 5.41) is 12.6. The molecule has 190 valence electrons. The monoisotopic (exact) mass is 520 g/mol. The number of amides is 1. The average molecular weight is 521 g/mol. The van der Waals surface area contributed by atoms with E-state index in [0.29, 0.717) is 16.6 Å². The Morgan fingerprint density at radius 3 is 2.00 bits per heavy atom. The van der Waals surface area contributed by atoms with Crippen LogP contribution in [0.25, 0.3) is 5.69 Å². The normalized spacial score (nSPS) is 11.1. The highest BCUT2D eigenvalue weighted by atomic mass is 32.2. The van der Waals surface area contributed by atoms with Gasteiger partial charge in [-0.3, -0.25) is 4.79 Å². The third-order valence-corrected chi connectivity index (χ3v) is 6.96. The van der Waals surface area contributed by atoms with Crippen LogP contribution in [0.15, 0.2) is 96.2 Å². The number of benzene rings is 3. The number of aromatic nitrogens is 5. The number of rotatable bonds is 8. The van der Waals surface area contributed by atoms with Gasteiger partial charge in [-0.2, -0.15) is 0 Å². The van der Waals surface area contributed by atoms with Crippen molar-refractivity contribution in [3.63, 3.8) is 0 Å². The van der Waals surface area contributed by atoms with Gasteiger partial charge in [0.2, 0.25) is 0 Å². The smallest absolute Gasteiger partial charge is 0.274 e. The summed E-state index contributed by atoms with van der Waals surface area (Å²) in [5.74, 6) is 0.131. The van der Waals surface area contributed by atoms with Crippen molar-refractivity contribution < 1.29 is 4.79 Å². The van der Waals surface area contributed by atoms with E-state index >= 15 is 0 Å². The maximum atomic E-state index is 13.8. The Hall–Kier alpha value is -4.30. The first-order valence-electron chi connectivity index (χ1n) is 12.4.